The van der Waals surface area contributed by atoms with E-state index in [4.69, 9.17) is 9.84 Å². The number of rotatable bonds is 5. The molecular weight excluding hydrogens is 360 g/mol. The lowest BCUT2D eigenvalue weighted by atomic mass is 10.1. The van der Waals surface area contributed by atoms with E-state index in [2.05, 4.69) is 15.4 Å². The lowest BCUT2D eigenvalue weighted by molar-refractivity contribution is 0.0694. The highest BCUT2D eigenvalue weighted by molar-refractivity contribution is 5.91. The molecule has 0 bridgehead atoms. The summed E-state index contributed by atoms with van der Waals surface area (Å²) in [6.07, 6.45) is 1.78. The van der Waals surface area contributed by atoms with Crippen LogP contribution in [0.4, 0.5) is 11.6 Å². The van der Waals surface area contributed by atoms with Crippen LogP contribution in [-0.4, -0.2) is 37.9 Å². The molecule has 0 unspecified atom stereocenters. The summed E-state index contributed by atoms with van der Waals surface area (Å²) in [6, 6.07) is 15.6. The molecular formula is C20H16N4O4. The first-order valence-electron chi connectivity index (χ1n) is 8.38. The Hall–Kier alpha value is -4.07. The first-order valence-corrected chi connectivity index (χ1v) is 8.38. The number of nitrogens with one attached hydrogen (secondary N) is 1. The van der Waals surface area contributed by atoms with Crippen LogP contribution in [0.2, 0.25) is 0 Å². The summed E-state index contributed by atoms with van der Waals surface area (Å²) in [5.41, 5.74) is 2.82. The molecule has 28 heavy (non-hydrogen) atoms. The van der Waals surface area contributed by atoms with E-state index in [-0.39, 0.29) is 11.3 Å². The Kier molecular flexibility index (Phi) is 4.29. The Balaban J connectivity index is 1.68. The third-order valence-electron chi connectivity index (χ3n) is 4.25. The molecule has 2 aromatic heterocycles. The summed E-state index contributed by atoms with van der Waals surface area (Å²) >= 11 is 0. The van der Waals surface area contributed by atoms with Gasteiger partial charge < -0.3 is 20.3 Å². The number of carboxylic acids is 1. The predicted molar refractivity (Wildman–Crippen MR) is 103 cm³/mol. The normalized spacial score (nSPS) is 10.8. The van der Waals surface area contributed by atoms with Gasteiger partial charge in [-0.2, -0.15) is 4.98 Å². The van der Waals surface area contributed by atoms with Crippen molar-refractivity contribution in [2.45, 2.75) is 0 Å². The third kappa shape index (κ3) is 3.18. The van der Waals surface area contributed by atoms with Crippen molar-refractivity contribution in [3.05, 3.63) is 66.4 Å². The van der Waals surface area contributed by atoms with Crippen molar-refractivity contribution in [2.75, 3.05) is 12.4 Å². The standard InChI is InChI=1S/C20H16N4O4/c1-28-14-7-4-12(5-8-14)15-3-2-10-24-18(15)22-20(23-24)21-13-6-9-16(19(26)27)17(25)11-13/h2-11,25H,1H3,(H,21,23)(H,26,27). The van der Waals surface area contributed by atoms with E-state index < -0.39 is 5.97 Å². The molecule has 0 saturated heterocycles. The molecule has 0 aliphatic carbocycles. The number of aromatic nitrogens is 3. The molecule has 0 atom stereocenters. The SMILES string of the molecule is COc1ccc(-c2cccn3nc(Nc4ccc(C(=O)O)c(O)c4)nc23)cc1. The molecule has 0 radical (unpaired) electrons. The highest BCUT2D eigenvalue weighted by atomic mass is 16.5. The molecule has 0 saturated carbocycles. The highest BCUT2D eigenvalue weighted by Crippen LogP contribution is 2.28. The lowest BCUT2D eigenvalue weighted by Crippen LogP contribution is -1.98. The van der Waals surface area contributed by atoms with Gasteiger partial charge in [0.15, 0.2) is 5.65 Å². The number of benzene rings is 2. The molecule has 3 N–H and O–H groups in total. The second-order valence-corrected chi connectivity index (χ2v) is 6.02. The van der Waals surface area contributed by atoms with Crippen LogP contribution >= 0.6 is 0 Å². The maximum absolute atomic E-state index is 11.0. The van der Waals surface area contributed by atoms with E-state index in [0.29, 0.717) is 17.3 Å². The number of hydrogen-bond acceptors (Lipinski definition) is 6. The number of ether oxygens (including phenoxy) is 1. The van der Waals surface area contributed by atoms with E-state index in [1.54, 1.807) is 23.9 Å². The van der Waals surface area contributed by atoms with Crippen LogP contribution in [0.3, 0.4) is 0 Å². The smallest absolute Gasteiger partial charge is 0.339 e. The number of aromatic hydroxyl groups is 1. The number of phenols is 1. The summed E-state index contributed by atoms with van der Waals surface area (Å²) in [4.78, 5) is 15.5. The van der Waals surface area contributed by atoms with Gasteiger partial charge in [0.05, 0.1) is 7.11 Å². The molecule has 8 nitrogen and oxygen atoms in total. The fourth-order valence-corrected chi connectivity index (χ4v) is 2.87. The van der Waals surface area contributed by atoms with Crippen molar-refractivity contribution in [2.24, 2.45) is 0 Å². The Morgan fingerprint density at radius 2 is 1.93 bits per heavy atom. The summed E-state index contributed by atoms with van der Waals surface area (Å²) in [6.45, 7) is 0. The van der Waals surface area contributed by atoms with Crippen LogP contribution in [0.1, 0.15) is 10.4 Å². The van der Waals surface area contributed by atoms with E-state index in [0.717, 1.165) is 16.9 Å². The van der Waals surface area contributed by atoms with Crippen molar-refractivity contribution >= 4 is 23.3 Å². The number of anilines is 2. The van der Waals surface area contributed by atoms with Crippen molar-refractivity contribution < 1.29 is 19.7 Å². The quantitative estimate of drug-likeness (QED) is 0.489. The van der Waals surface area contributed by atoms with E-state index >= 15 is 0 Å². The number of fused-ring (bicyclic) bond motifs is 1. The zero-order valence-electron chi connectivity index (χ0n) is 14.8. The number of nitrogens with zero attached hydrogens (tertiary/aromatic N) is 3. The average molecular weight is 376 g/mol. The van der Waals surface area contributed by atoms with Gasteiger partial charge in [-0.15, -0.1) is 5.10 Å². The van der Waals surface area contributed by atoms with E-state index in [9.17, 15) is 9.90 Å². The van der Waals surface area contributed by atoms with Gasteiger partial charge in [-0.1, -0.05) is 12.1 Å². The van der Waals surface area contributed by atoms with E-state index in [1.807, 2.05) is 36.4 Å². The molecule has 4 rings (SSSR count). The minimum Gasteiger partial charge on any atom is -0.507 e. The molecule has 0 amide bonds. The van der Waals surface area contributed by atoms with Crippen molar-refractivity contribution in [1.82, 2.24) is 14.6 Å². The predicted octanol–water partition coefficient (Wildman–Crippen LogP) is 3.55. The Morgan fingerprint density at radius 1 is 1.14 bits per heavy atom. The fourth-order valence-electron chi connectivity index (χ4n) is 2.87. The Bertz CT molecular complexity index is 1170. The minimum atomic E-state index is -1.20. The maximum atomic E-state index is 11.0. The maximum Gasteiger partial charge on any atom is 0.339 e. The number of hydrogen-bond donors (Lipinski definition) is 3. The summed E-state index contributed by atoms with van der Waals surface area (Å²) in [5, 5.41) is 26.2. The van der Waals surface area contributed by atoms with Crippen LogP contribution < -0.4 is 10.1 Å². The third-order valence-corrected chi connectivity index (χ3v) is 4.25. The van der Waals surface area contributed by atoms with Crippen LogP contribution in [0.5, 0.6) is 11.5 Å². The first-order chi connectivity index (χ1) is 13.5. The monoisotopic (exact) mass is 376 g/mol. The molecule has 0 spiro atoms. The zero-order valence-corrected chi connectivity index (χ0v) is 14.8. The van der Waals surface area contributed by atoms with Gasteiger partial charge in [0.2, 0.25) is 5.95 Å². The Morgan fingerprint density at radius 3 is 2.61 bits per heavy atom. The molecule has 0 aliphatic rings. The number of pyridine rings is 1. The second kappa shape index (κ2) is 6.92. The van der Waals surface area contributed by atoms with Gasteiger partial charge in [-0.25, -0.2) is 9.31 Å². The molecule has 4 aromatic rings. The van der Waals surface area contributed by atoms with Crippen molar-refractivity contribution in [3.63, 3.8) is 0 Å². The molecule has 2 heterocycles. The van der Waals surface area contributed by atoms with Crippen LogP contribution in [0.25, 0.3) is 16.8 Å². The van der Waals surface area contributed by atoms with E-state index in [1.165, 1.54) is 12.1 Å². The van der Waals surface area contributed by atoms with Crippen LogP contribution in [-0.2, 0) is 0 Å². The number of methoxy groups -OCH3 is 1. The van der Waals surface area contributed by atoms with Gasteiger partial charge in [-0.3, -0.25) is 0 Å². The van der Waals surface area contributed by atoms with Gasteiger partial charge >= 0.3 is 5.97 Å². The van der Waals surface area contributed by atoms with Gasteiger partial charge in [0, 0.05) is 23.5 Å². The average Bonchev–Trinajstić information content (AvgIpc) is 3.10. The van der Waals surface area contributed by atoms with Crippen molar-refractivity contribution in [3.8, 4) is 22.6 Å². The first kappa shape index (κ1) is 17.3. The van der Waals surface area contributed by atoms with Crippen LogP contribution in [0.15, 0.2) is 60.8 Å². The summed E-state index contributed by atoms with van der Waals surface area (Å²) in [5.74, 6) is -0.438. The minimum absolute atomic E-state index is 0.171. The summed E-state index contributed by atoms with van der Waals surface area (Å²) in [7, 11) is 1.62. The number of aromatic carboxylic acids is 1. The molecule has 0 fully saturated rings. The van der Waals surface area contributed by atoms with Crippen LogP contribution in [0, 0.1) is 0 Å². The fraction of sp³-hybridized carbons (Fsp3) is 0.0500. The topological polar surface area (TPSA) is 109 Å². The van der Waals surface area contributed by atoms with Gasteiger partial charge in [0.25, 0.3) is 0 Å². The van der Waals surface area contributed by atoms with Gasteiger partial charge in [0.1, 0.15) is 17.1 Å². The summed E-state index contributed by atoms with van der Waals surface area (Å²) < 4.78 is 6.84. The van der Waals surface area contributed by atoms with Crippen molar-refractivity contribution in [1.29, 1.82) is 0 Å². The van der Waals surface area contributed by atoms with Gasteiger partial charge in [-0.05, 0) is 42.0 Å². The molecule has 0 aliphatic heterocycles. The lowest BCUT2D eigenvalue weighted by Gasteiger charge is -2.04. The second-order valence-electron chi connectivity index (χ2n) is 6.02. The molecule has 140 valence electrons. The number of carboxylic acid groups (broad SMARTS) is 1. The molecule has 2 aromatic carbocycles. The highest BCUT2D eigenvalue weighted by Gasteiger charge is 2.13. The Labute approximate surface area is 159 Å². The molecule has 8 heteroatoms. The number of carbonyl (C=O) groups is 1. The zero-order chi connectivity index (χ0) is 19.7. The largest absolute Gasteiger partial charge is 0.507 e.